The highest BCUT2D eigenvalue weighted by Gasteiger charge is 2.38. The van der Waals surface area contributed by atoms with Gasteiger partial charge in [0, 0.05) is 36.3 Å². The molecule has 0 aliphatic carbocycles. The van der Waals surface area contributed by atoms with Crippen molar-refractivity contribution in [1.82, 2.24) is 15.2 Å². The van der Waals surface area contributed by atoms with Gasteiger partial charge in [-0.2, -0.15) is 26.3 Å². The number of nitrogens with zero attached hydrogens (tertiary/aromatic N) is 2. The second-order valence-corrected chi connectivity index (χ2v) is 9.27. The van der Waals surface area contributed by atoms with E-state index in [-0.39, 0.29) is 37.8 Å². The number of likely N-dealkylation sites (N-methyl/N-ethyl adjacent to an activating group) is 1. The third-order valence-electron chi connectivity index (χ3n) is 5.98. The maximum atomic E-state index is 13.3. The van der Waals surface area contributed by atoms with Gasteiger partial charge in [-0.15, -0.1) is 0 Å². The first kappa shape index (κ1) is 29.9. The van der Waals surface area contributed by atoms with Crippen LogP contribution in [0.5, 0.6) is 0 Å². The van der Waals surface area contributed by atoms with Gasteiger partial charge < -0.3 is 10.2 Å². The van der Waals surface area contributed by atoms with Crippen molar-refractivity contribution in [1.29, 1.82) is 0 Å². The Bertz CT molecular complexity index is 1250. The summed E-state index contributed by atoms with van der Waals surface area (Å²) < 4.78 is 80.0. The highest BCUT2D eigenvalue weighted by molar-refractivity contribution is 6.30. The number of rotatable bonds is 9. The first-order valence-electron chi connectivity index (χ1n) is 11.7. The summed E-state index contributed by atoms with van der Waals surface area (Å²) in [5.41, 5.74) is -2.60. The molecule has 0 bridgehead atoms. The number of amides is 2. The molecule has 0 aliphatic rings. The molecule has 0 saturated carbocycles. The Labute approximate surface area is 225 Å². The van der Waals surface area contributed by atoms with E-state index in [1.54, 1.807) is 48.7 Å². The van der Waals surface area contributed by atoms with Crippen molar-refractivity contribution in [3.8, 4) is 0 Å². The number of aromatic nitrogens is 1. The fourth-order valence-electron chi connectivity index (χ4n) is 3.85. The zero-order chi connectivity index (χ0) is 28.8. The van der Waals surface area contributed by atoms with Crippen LogP contribution in [0.3, 0.4) is 0 Å². The van der Waals surface area contributed by atoms with E-state index in [1.807, 2.05) is 0 Å². The molecule has 1 N–H and O–H groups in total. The topological polar surface area (TPSA) is 62.3 Å². The summed E-state index contributed by atoms with van der Waals surface area (Å²) in [6.07, 6.45) is -8.41. The Morgan fingerprint density at radius 2 is 1.56 bits per heavy atom. The largest absolute Gasteiger partial charge is 0.416 e. The van der Waals surface area contributed by atoms with Gasteiger partial charge in [0.1, 0.15) is 0 Å². The molecule has 1 heterocycles. The third kappa shape index (κ3) is 8.71. The lowest BCUT2D eigenvalue weighted by molar-refractivity contribution is -0.143. The smallest absolute Gasteiger partial charge is 0.350 e. The molecule has 0 spiro atoms. The van der Waals surface area contributed by atoms with Gasteiger partial charge in [0.25, 0.3) is 5.91 Å². The molecule has 0 fully saturated rings. The second kappa shape index (κ2) is 12.5. The van der Waals surface area contributed by atoms with Crippen molar-refractivity contribution in [2.24, 2.45) is 0 Å². The molecule has 208 valence electrons. The Kier molecular flexibility index (Phi) is 9.60. The maximum absolute atomic E-state index is 13.3. The van der Waals surface area contributed by atoms with E-state index in [1.165, 1.54) is 7.05 Å². The van der Waals surface area contributed by atoms with Crippen molar-refractivity contribution < 1.29 is 35.9 Å². The molecule has 1 atom stereocenters. The lowest BCUT2D eigenvalue weighted by Gasteiger charge is -2.29. The molecule has 1 aromatic heterocycles. The molecular weight excluding hydrogens is 548 g/mol. The lowest BCUT2D eigenvalue weighted by Crippen LogP contribution is -2.39. The molecule has 0 radical (unpaired) electrons. The van der Waals surface area contributed by atoms with Crippen LogP contribution in [0.25, 0.3) is 0 Å². The highest BCUT2D eigenvalue weighted by atomic mass is 35.5. The van der Waals surface area contributed by atoms with Crippen molar-refractivity contribution in [3.63, 3.8) is 0 Å². The quantitative estimate of drug-likeness (QED) is 0.296. The third-order valence-corrected chi connectivity index (χ3v) is 6.24. The first-order chi connectivity index (χ1) is 18.2. The van der Waals surface area contributed by atoms with E-state index in [9.17, 15) is 35.9 Å². The van der Waals surface area contributed by atoms with Crippen molar-refractivity contribution in [2.75, 3.05) is 7.05 Å². The van der Waals surface area contributed by atoms with E-state index in [0.717, 1.165) is 4.90 Å². The minimum atomic E-state index is -5.09. The summed E-state index contributed by atoms with van der Waals surface area (Å²) in [6, 6.07) is 11.8. The van der Waals surface area contributed by atoms with E-state index in [4.69, 9.17) is 11.6 Å². The van der Waals surface area contributed by atoms with Crippen molar-refractivity contribution >= 4 is 23.4 Å². The Morgan fingerprint density at radius 1 is 0.949 bits per heavy atom. The number of nitrogens with one attached hydrogen (secondary N) is 1. The zero-order valence-corrected chi connectivity index (χ0v) is 21.4. The van der Waals surface area contributed by atoms with Crippen LogP contribution < -0.4 is 5.32 Å². The first-order valence-corrected chi connectivity index (χ1v) is 12.1. The van der Waals surface area contributed by atoms with Gasteiger partial charge in [0.2, 0.25) is 5.91 Å². The Morgan fingerprint density at radius 3 is 2.10 bits per heavy atom. The summed E-state index contributed by atoms with van der Waals surface area (Å²) >= 11 is 5.93. The van der Waals surface area contributed by atoms with Crippen LogP contribution >= 0.6 is 11.6 Å². The molecule has 0 aliphatic heterocycles. The fraction of sp³-hybridized carbons (Fsp3) is 0.296. The standard InChI is InChI=1S/C27H24ClF6N3O2/c1-37(25(39)18-13-19(26(29,30)31)15-20(14-18)27(32,33)34)23(12-17-5-7-21(28)8-6-17)9-10-24(38)36-16-22-4-2-3-11-35-22/h2-8,11,13-15,23H,9-10,12,16H2,1H3,(H,36,38). The van der Waals surface area contributed by atoms with Gasteiger partial charge in [0.15, 0.2) is 0 Å². The Balaban J connectivity index is 1.83. The summed E-state index contributed by atoms with van der Waals surface area (Å²) in [5, 5.41) is 3.16. The number of carbonyl (C=O) groups is 2. The maximum Gasteiger partial charge on any atom is 0.416 e. The van der Waals surface area contributed by atoms with Gasteiger partial charge in [-0.25, -0.2) is 0 Å². The number of alkyl halides is 6. The number of benzene rings is 2. The van der Waals surface area contributed by atoms with Crippen LogP contribution in [0.15, 0.2) is 66.9 Å². The van der Waals surface area contributed by atoms with E-state index < -0.39 is 41.0 Å². The molecule has 1 unspecified atom stereocenters. The summed E-state index contributed by atoms with van der Waals surface area (Å²) in [6.45, 7) is 0.167. The molecule has 2 aromatic carbocycles. The SMILES string of the molecule is CN(C(=O)c1cc(C(F)(F)F)cc(C(F)(F)F)c1)C(CCC(=O)NCc1ccccn1)Cc1ccc(Cl)cc1. The molecular formula is C27H24ClF6N3O2. The average Bonchev–Trinajstić information content (AvgIpc) is 2.89. The number of hydrogen-bond acceptors (Lipinski definition) is 3. The van der Waals surface area contributed by atoms with Crippen LogP contribution in [0.2, 0.25) is 5.02 Å². The predicted octanol–water partition coefficient (Wildman–Crippen LogP) is 6.55. The molecule has 0 saturated heterocycles. The van der Waals surface area contributed by atoms with Crippen LogP contribution in [0.1, 0.15) is 45.6 Å². The van der Waals surface area contributed by atoms with E-state index in [0.29, 0.717) is 28.4 Å². The number of pyridine rings is 1. The molecule has 3 rings (SSSR count). The number of halogens is 7. The van der Waals surface area contributed by atoms with Crippen molar-refractivity contribution in [3.05, 3.63) is 99.8 Å². The summed E-state index contributed by atoms with van der Waals surface area (Å²) in [4.78, 5) is 30.9. The molecule has 2 amide bonds. The monoisotopic (exact) mass is 571 g/mol. The van der Waals surface area contributed by atoms with Gasteiger partial charge in [-0.05, 0) is 60.9 Å². The Hall–Kier alpha value is -3.60. The molecule has 39 heavy (non-hydrogen) atoms. The number of hydrogen-bond donors (Lipinski definition) is 1. The van der Waals surface area contributed by atoms with Gasteiger partial charge in [0.05, 0.1) is 23.4 Å². The summed E-state index contributed by atoms with van der Waals surface area (Å²) in [5.74, 6) is -1.40. The average molecular weight is 572 g/mol. The van der Waals surface area contributed by atoms with E-state index >= 15 is 0 Å². The summed E-state index contributed by atoms with van der Waals surface area (Å²) in [7, 11) is 1.28. The minimum Gasteiger partial charge on any atom is -0.350 e. The predicted molar refractivity (Wildman–Crippen MR) is 133 cm³/mol. The van der Waals surface area contributed by atoms with Crippen LogP contribution in [-0.4, -0.2) is 34.8 Å². The fourth-order valence-corrected chi connectivity index (χ4v) is 3.98. The van der Waals surface area contributed by atoms with E-state index in [2.05, 4.69) is 10.3 Å². The van der Waals surface area contributed by atoms with Crippen LogP contribution in [0.4, 0.5) is 26.3 Å². The zero-order valence-electron chi connectivity index (χ0n) is 20.6. The molecule has 5 nitrogen and oxygen atoms in total. The lowest BCUT2D eigenvalue weighted by atomic mass is 9.98. The minimum absolute atomic E-state index is 0.0338. The highest BCUT2D eigenvalue weighted by Crippen LogP contribution is 2.36. The van der Waals surface area contributed by atoms with Crippen LogP contribution in [0, 0.1) is 0 Å². The second-order valence-electron chi connectivity index (χ2n) is 8.83. The van der Waals surface area contributed by atoms with Gasteiger partial charge in [-0.1, -0.05) is 29.8 Å². The number of carbonyl (C=O) groups excluding carboxylic acids is 2. The molecule has 3 aromatic rings. The van der Waals surface area contributed by atoms with Gasteiger partial charge >= 0.3 is 12.4 Å². The normalized spacial score (nSPS) is 12.6. The van der Waals surface area contributed by atoms with Crippen LogP contribution in [-0.2, 0) is 30.1 Å². The van der Waals surface area contributed by atoms with Gasteiger partial charge in [-0.3, -0.25) is 14.6 Å². The molecule has 12 heteroatoms. The van der Waals surface area contributed by atoms with Crippen molar-refractivity contribution in [2.45, 2.75) is 44.2 Å².